The molecule has 0 atom stereocenters. The van der Waals surface area contributed by atoms with Crippen LogP contribution >= 0.6 is 23.2 Å². The van der Waals surface area contributed by atoms with Crippen LogP contribution in [-0.2, 0) is 11.3 Å². The lowest BCUT2D eigenvalue weighted by molar-refractivity contribution is 0.122. The summed E-state index contributed by atoms with van der Waals surface area (Å²) in [6.45, 7) is 2.67. The zero-order valence-electron chi connectivity index (χ0n) is 13.7. The Balaban J connectivity index is 1.95. The van der Waals surface area contributed by atoms with Gasteiger partial charge in [-0.1, -0.05) is 23.7 Å². The lowest BCUT2D eigenvalue weighted by Crippen LogP contribution is -2.37. The van der Waals surface area contributed by atoms with Crippen LogP contribution in [-0.4, -0.2) is 41.9 Å². The monoisotopic (exact) mass is 391 g/mol. The molecule has 0 bridgehead atoms. The molecule has 0 aliphatic carbocycles. The van der Waals surface area contributed by atoms with Crippen molar-refractivity contribution >= 4 is 40.1 Å². The van der Waals surface area contributed by atoms with Gasteiger partial charge in [0.25, 0.3) is 0 Å². The molecule has 0 unspecified atom stereocenters. The normalized spacial score (nSPS) is 14.0. The Kier molecular flexibility index (Phi) is 5.89. The standard InChI is InChI=1S/C17H15Cl2N5O2/c18-13-3-1-12(2-4-13)11-24(17(19)25)15-9-16(22-21-14(15)10-20)23-5-7-26-8-6-23/h1-4,9H,5-8,11H2. The van der Waals surface area contributed by atoms with Crippen LogP contribution < -0.4 is 9.80 Å². The van der Waals surface area contributed by atoms with Gasteiger partial charge >= 0.3 is 5.37 Å². The number of carbonyl (C=O) groups excluding carboxylic acids is 1. The van der Waals surface area contributed by atoms with Crippen molar-refractivity contribution in [3.05, 3.63) is 46.6 Å². The van der Waals surface area contributed by atoms with Gasteiger partial charge in [-0.05, 0) is 29.3 Å². The summed E-state index contributed by atoms with van der Waals surface area (Å²) in [5.41, 5.74) is 1.17. The number of morpholine rings is 1. The maximum Gasteiger partial charge on any atom is 0.321 e. The van der Waals surface area contributed by atoms with E-state index in [1.807, 2.05) is 11.0 Å². The van der Waals surface area contributed by atoms with Crippen LogP contribution in [0.4, 0.5) is 16.3 Å². The van der Waals surface area contributed by atoms with E-state index in [0.29, 0.717) is 42.8 Å². The quantitative estimate of drug-likeness (QED) is 0.587. The highest BCUT2D eigenvalue weighted by molar-refractivity contribution is 6.66. The van der Waals surface area contributed by atoms with Gasteiger partial charge in [-0.15, -0.1) is 10.2 Å². The number of nitrogens with zero attached hydrogens (tertiary/aromatic N) is 5. The first-order chi connectivity index (χ1) is 12.6. The first-order valence-electron chi connectivity index (χ1n) is 7.90. The van der Waals surface area contributed by atoms with E-state index >= 15 is 0 Å². The molecule has 1 aliphatic rings. The second-order valence-electron chi connectivity index (χ2n) is 5.61. The molecule has 9 heteroatoms. The fourth-order valence-corrected chi connectivity index (χ4v) is 2.90. The number of nitriles is 1. The molecule has 0 radical (unpaired) electrons. The van der Waals surface area contributed by atoms with Crippen molar-refractivity contribution in [2.75, 3.05) is 36.1 Å². The van der Waals surface area contributed by atoms with Crippen LogP contribution in [0.25, 0.3) is 0 Å². The van der Waals surface area contributed by atoms with Gasteiger partial charge in [-0.2, -0.15) is 5.26 Å². The van der Waals surface area contributed by atoms with Gasteiger partial charge < -0.3 is 9.64 Å². The summed E-state index contributed by atoms with van der Waals surface area (Å²) in [6.07, 6.45) is 0. The van der Waals surface area contributed by atoms with E-state index in [0.717, 1.165) is 5.56 Å². The minimum absolute atomic E-state index is 0.0324. The number of halogens is 2. The summed E-state index contributed by atoms with van der Waals surface area (Å²) in [7, 11) is 0. The first kappa shape index (κ1) is 18.4. The number of benzene rings is 1. The SMILES string of the molecule is N#Cc1nnc(N2CCOCC2)cc1N(Cc1ccc(Cl)cc1)C(=O)Cl. The highest BCUT2D eigenvalue weighted by Crippen LogP contribution is 2.26. The Morgan fingerprint density at radius 3 is 2.58 bits per heavy atom. The van der Waals surface area contributed by atoms with Crippen LogP contribution in [0, 0.1) is 11.3 Å². The topological polar surface area (TPSA) is 82.3 Å². The van der Waals surface area contributed by atoms with E-state index in [-0.39, 0.29) is 12.2 Å². The largest absolute Gasteiger partial charge is 0.378 e. The highest BCUT2D eigenvalue weighted by atomic mass is 35.5. The second-order valence-corrected chi connectivity index (χ2v) is 6.37. The van der Waals surface area contributed by atoms with Crippen LogP contribution in [0.3, 0.4) is 0 Å². The molecule has 1 aromatic heterocycles. The Morgan fingerprint density at radius 1 is 1.27 bits per heavy atom. The summed E-state index contributed by atoms with van der Waals surface area (Å²) in [6, 6.07) is 10.7. The van der Waals surface area contributed by atoms with E-state index < -0.39 is 5.37 Å². The molecule has 2 aromatic rings. The van der Waals surface area contributed by atoms with Crippen molar-refractivity contribution < 1.29 is 9.53 Å². The molecule has 1 aliphatic heterocycles. The van der Waals surface area contributed by atoms with Crippen molar-refractivity contribution in [2.45, 2.75) is 6.54 Å². The average Bonchev–Trinajstić information content (AvgIpc) is 2.67. The third kappa shape index (κ3) is 4.22. The number of aromatic nitrogens is 2. The predicted octanol–water partition coefficient (Wildman–Crippen LogP) is 3.20. The lowest BCUT2D eigenvalue weighted by atomic mass is 10.2. The molecular formula is C17H15Cl2N5O2. The van der Waals surface area contributed by atoms with Crippen molar-refractivity contribution in [2.24, 2.45) is 0 Å². The minimum atomic E-state index is -0.711. The summed E-state index contributed by atoms with van der Waals surface area (Å²) >= 11 is 11.7. The van der Waals surface area contributed by atoms with Crippen molar-refractivity contribution in [3.8, 4) is 6.07 Å². The molecule has 1 amide bonds. The van der Waals surface area contributed by atoms with E-state index in [1.54, 1.807) is 30.3 Å². The van der Waals surface area contributed by atoms with Crippen LogP contribution in [0.2, 0.25) is 5.02 Å². The number of anilines is 2. The van der Waals surface area contributed by atoms with E-state index in [4.69, 9.17) is 27.9 Å². The fourth-order valence-electron chi connectivity index (χ4n) is 2.62. The smallest absolute Gasteiger partial charge is 0.321 e. The third-order valence-corrected chi connectivity index (χ3v) is 4.41. The predicted molar refractivity (Wildman–Crippen MR) is 98.7 cm³/mol. The minimum Gasteiger partial charge on any atom is -0.378 e. The molecule has 1 aromatic carbocycles. The van der Waals surface area contributed by atoms with E-state index in [9.17, 15) is 10.1 Å². The zero-order chi connectivity index (χ0) is 18.5. The molecule has 7 nitrogen and oxygen atoms in total. The van der Waals surface area contributed by atoms with Crippen LogP contribution in [0.5, 0.6) is 0 Å². The highest BCUT2D eigenvalue weighted by Gasteiger charge is 2.22. The molecule has 134 valence electrons. The van der Waals surface area contributed by atoms with Crippen molar-refractivity contribution in [1.82, 2.24) is 10.2 Å². The molecule has 0 spiro atoms. The molecule has 1 fully saturated rings. The third-order valence-electron chi connectivity index (χ3n) is 3.96. The van der Waals surface area contributed by atoms with Crippen molar-refractivity contribution in [1.29, 1.82) is 5.26 Å². The summed E-state index contributed by atoms with van der Waals surface area (Å²) in [5, 5.41) is 17.3. The summed E-state index contributed by atoms with van der Waals surface area (Å²) < 4.78 is 5.33. The van der Waals surface area contributed by atoms with Crippen LogP contribution in [0.1, 0.15) is 11.3 Å². The number of hydrogen-bond acceptors (Lipinski definition) is 6. The molecule has 26 heavy (non-hydrogen) atoms. The van der Waals surface area contributed by atoms with Gasteiger partial charge in [0.1, 0.15) is 6.07 Å². The van der Waals surface area contributed by atoms with Gasteiger partial charge in [0.15, 0.2) is 11.5 Å². The van der Waals surface area contributed by atoms with Crippen molar-refractivity contribution in [3.63, 3.8) is 0 Å². The molecule has 3 rings (SSSR count). The van der Waals surface area contributed by atoms with Gasteiger partial charge in [-0.25, -0.2) is 0 Å². The number of ether oxygens (including phenoxy) is 1. The number of amides is 1. The van der Waals surface area contributed by atoms with E-state index in [2.05, 4.69) is 10.2 Å². The first-order valence-corrected chi connectivity index (χ1v) is 8.66. The maximum atomic E-state index is 12.0. The fraction of sp³-hybridized carbons (Fsp3) is 0.294. The van der Waals surface area contributed by atoms with Crippen LogP contribution in [0.15, 0.2) is 30.3 Å². The maximum absolute atomic E-state index is 12.0. The Hall–Kier alpha value is -2.40. The second kappa shape index (κ2) is 8.32. The number of hydrogen-bond donors (Lipinski definition) is 0. The summed E-state index contributed by atoms with van der Waals surface area (Å²) in [5.74, 6) is 0.571. The average molecular weight is 392 g/mol. The molecule has 1 saturated heterocycles. The Bertz CT molecular complexity index is 832. The van der Waals surface area contributed by atoms with Gasteiger partial charge in [0.2, 0.25) is 0 Å². The number of carbonyl (C=O) groups is 1. The Morgan fingerprint density at radius 2 is 1.96 bits per heavy atom. The van der Waals surface area contributed by atoms with Gasteiger partial charge in [-0.3, -0.25) is 9.69 Å². The van der Waals surface area contributed by atoms with Gasteiger partial charge in [0.05, 0.1) is 25.4 Å². The number of rotatable bonds is 4. The molecule has 0 saturated carbocycles. The molecular weight excluding hydrogens is 377 g/mol. The molecule has 0 N–H and O–H groups in total. The van der Waals surface area contributed by atoms with Gasteiger partial charge in [0, 0.05) is 24.2 Å². The summed E-state index contributed by atoms with van der Waals surface area (Å²) in [4.78, 5) is 15.3. The lowest BCUT2D eigenvalue weighted by Gasteiger charge is -2.28. The van der Waals surface area contributed by atoms with E-state index in [1.165, 1.54) is 4.90 Å². The molecule has 2 heterocycles. The Labute approximate surface area is 160 Å². The zero-order valence-corrected chi connectivity index (χ0v) is 15.2.